The largest absolute Gasteiger partial charge is 0.395 e. The van der Waals surface area contributed by atoms with Crippen LogP contribution in [0.4, 0.5) is 0 Å². The van der Waals surface area contributed by atoms with Gasteiger partial charge in [-0.2, -0.15) is 0 Å². The molecule has 0 aromatic carbocycles. The summed E-state index contributed by atoms with van der Waals surface area (Å²) >= 11 is 0. The van der Waals surface area contributed by atoms with E-state index in [9.17, 15) is 0 Å². The maximum Gasteiger partial charge on any atom is 0.0584 e. The number of hydrogen-bond donors (Lipinski definition) is 2. The number of aliphatic hydroxyl groups is 1. The molecule has 0 radical (unpaired) electrons. The van der Waals surface area contributed by atoms with Crippen LogP contribution in [-0.4, -0.2) is 24.8 Å². The number of nitrogens with one attached hydrogen (secondary N) is 1. The van der Waals surface area contributed by atoms with Crippen LogP contribution in [0.25, 0.3) is 0 Å². The molecule has 0 aliphatic rings. The average molecular weight is 145 g/mol. The number of likely N-dealkylation sites (N-methyl/N-ethyl adjacent to an activating group) is 1. The van der Waals surface area contributed by atoms with Crippen LogP contribution >= 0.6 is 0 Å². The van der Waals surface area contributed by atoms with Crippen molar-refractivity contribution in [2.24, 2.45) is 5.92 Å². The number of aliphatic hydroxyl groups excluding tert-OH is 1. The van der Waals surface area contributed by atoms with Crippen molar-refractivity contribution in [2.75, 3.05) is 13.7 Å². The van der Waals surface area contributed by atoms with Crippen molar-refractivity contribution in [3.8, 4) is 0 Å². The molecule has 2 nitrogen and oxygen atoms in total. The molecule has 10 heavy (non-hydrogen) atoms. The summed E-state index contributed by atoms with van der Waals surface area (Å²) in [5.41, 5.74) is 0. The maximum atomic E-state index is 8.81. The third-order valence-electron chi connectivity index (χ3n) is 2.01. The summed E-state index contributed by atoms with van der Waals surface area (Å²) in [6, 6.07) is 0.287. The zero-order valence-electron chi connectivity index (χ0n) is 7.22. The normalized spacial score (nSPS) is 16.8. The Morgan fingerprint density at radius 1 is 1.50 bits per heavy atom. The molecule has 0 fully saturated rings. The summed E-state index contributed by atoms with van der Waals surface area (Å²) in [6.07, 6.45) is 2.27. The second-order valence-electron chi connectivity index (χ2n) is 2.92. The molecule has 0 heterocycles. The van der Waals surface area contributed by atoms with Crippen LogP contribution in [0.2, 0.25) is 0 Å². The fourth-order valence-corrected chi connectivity index (χ4v) is 0.936. The highest BCUT2D eigenvalue weighted by Gasteiger charge is 2.07. The Morgan fingerprint density at radius 2 is 2.10 bits per heavy atom. The minimum Gasteiger partial charge on any atom is -0.395 e. The molecule has 0 spiro atoms. The summed E-state index contributed by atoms with van der Waals surface area (Å²) in [5, 5.41) is 11.9. The molecule has 0 aliphatic heterocycles. The van der Waals surface area contributed by atoms with Gasteiger partial charge in [0.25, 0.3) is 0 Å². The molecule has 0 rings (SSSR count). The van der Waals surface area contributed by atoms with E-state index in [1.54, 1.807) is 0 Å². The van der Waals surface area contributed by atoms with E-state index in [4.69, 9.17) is 5.11 Å². The van der Waals surface area contributed by atoms with Gasteiger partial charge in [-0.3, -0.25) is 0 Å². The van der Waals surface area contributed by atoms with Crippen LogP contribution in [0.3, 0.4) is 0 Å². The third-order valence-corrected chi connectivity index (χ3v) is 2.01. The van der Waals surface area contributed by atoms with Crippen LogP contribution in [-0.2, 0) is 0 Å². The summed E-state index contributed by atoms with van der Waals surface area (Å²) in [4.78, 5) is 0. The zero-order valence-corrected chi connectivity index (χ0v) is 7.22. The van der Waals surface area contributed by atoms with Crippen molar-refractivity contribution >= 4 is 0 Å². The summed E-state index contributed by atoms with van der Waals surface area (Å²) < 4.78 is 0. The Bertz CT molecular complexity index is 71.7. The molecule has 62 valence electrons. The van der Waals surface area contributed by atoms with Gasteiger partial charge in [-0.05, 0) is 19.4 Å². The number of rotatable bonds is 5. The van der Waals surface area contributed by atoms with Crippen LogP contribution in [0.1, 0.15) is 26.7 Å². The Labute approximate surface area is 63.6 Å². The first-order valence-electron chi connectivity index (χ1n) is 4.02. The highest BCUT2D eigenvalue weighted by Crippen LogP contribution is 2.08. The van der Waals surface area contributed by atoms with E-state index in [0.717, 1.165) is 6.42 Å². The van der Waals surface area contributed by atoms with E-state index < -0.39 is 0 Å². The Hall–Kier alpha value is -0.0800. The molecular weight excluding hydrogens is 126 g/mol. The maximum absolute atomic E-state index is 8.81. The lowest BCUT2D eigenvalue weighted by Crippen LogP contribution is -2.30. The highest BCUT2D eigenvalue weighted by atomic mass is 16.3. The fourth-order valence-electron chi connectivity index (χ4n) is 0.936. The first kappa shape index (κ1) is 9.92. The second-order valence-corrected chi connectivity index (χ2v) is 2.92. The molecule has 2 N–H and O–H groups in total. The molecule has 0 saturated heterocycles. The van der Waals surface area contributed by atoms with Crippen LogP contribution in [0, 0.1) is 5.92 Å². The van der Waals surface area contributed by atoms with Crippen molar-refractivity contribution in [3.05, 3.63) is 0 Å². The molecule has 0 aromatic rings. The molecule has 0 aliphatic carbocycles. The summed E-state index contributed by atoms with van der Waals surface area (Å²) in [6.45, 7) is 4.63. The van der Waals surface area contributed by atoms with Gasteiger partial charge in [0.1, 0.15) is 0 Å². The third kappa shape index (κ3) is 3.85. The SMILES string of the molecule is CCC(C)CC(CO)NC. The zero-order chi connectivity index (χ0) is 7.98. The van der Waals surface area contributed by atoms with Gasteiger partial charge in [0.05, 0.1) is 6.61 Å². The Balaban J connectivity index is 3.41. The van der Waals surface area contributed by atoms with Crippen LogP contribution in [0.5, 0.6) is 0 Å². The standard InChI is InChI=1S/C8H19NO/c1-4-7(2)5-8(6-10)9-3/h7-10H,4-6H2,1-3H3. The van der Waals surface area contributed by atoms with Gasteiger partial charge in [0.15, 0.2) is 0 Å². The number of hydrogen-bond acceptors (Lipinski definition) is 2. The van der Waals surface area contributed by atoms with E-state index in [0.29, 0.717) is 5.92 Å². The molecular formula is C8H19NO. The van der Waals surface area contributed by atoms with Crippen molar-refractivity contribution < 1.29 is 5.11 Å². The molecule has 0 bridgehead atoms. The van der Waals surface area contributed by atoms with Crippen LogP contribution in [0.15, 0.2) is 0 Å². The fraction of sp³-hybridized carbons (Fsp3) is 1.00. The average Bonchev–Trinajstić information content (AvgIpc) is 1.99. The van der Waals surface area contributed by atoms with Crippen molar-refractivity contribution in [2.45, 2.75) is 32.7 Å². The smallest absolute Gasteiger partial charge is 0.0584 e. The van der Waals surface area contributed by atoms with Gasteiger partial charge >= 0.3 is 0 Å². The second kappa shape index (κ2) is 5.69. The first-order valence-corrected chi connectivity index (χ1v) is 4.02. The van der Waals surface area contributed by atoms with Crippen molar-refractivity contribution in [1.82, 2.24) is 5.32 Å². The quantitative estimate of drug-likeness (QED) is 0.605. The van der Waals surface area contributed by atoms with Gasteiger partial charge in [0.2, 0.25) is 0 Å². The van der Waals surface area contributed by atoms with Gasteiger partial charge in [0, 0.05) is 6.04 Å². The highest BCUT2D eigenvalue weighted by molar-refractivity contribution is 4.65. The minimum absolute atomic E-state index is 0.251. The van der Waals surface area contributed by atoms with E-state index in [2.05, 4.69) is 19.2 Å². The summed E-state index contributed by atoms with van der Waals surface area (Å²) in [7, 11) is 1.89. The van der Waals surface area contributed by atoms with Gasteiger partial charge in [-0.15, -0.1) is 0 Å². The Morgan fingerprint density at radius 3 is 2.40 bits per heavy atom. The van der Waals surface area contributed by atoms with E-state index >= 15 is 0 Å². The molecule has 0 aromatic heterocycles. The minimum atomic E-state index is 0.251. The topological polar surface area (TPSA) is 32.3 Å². The summed E-state index contributed by atoms with van der Waals surface area (Å²) in [5.74, 6) is 0.713. The first-order chi connectivity index (χ1) is 4.74. The van der Waals surface area contributed by atoms with Crippen LogP contribution < -0.4 is 5.32 Å². The van der Waals surface area contributed by atoms with Crippen molar-refractivity contribution in [1.29, 1.82) is 0 Å². The lowest BCUT2D eigenvalue weighted by Gasteiger charge is -2.16. The van der Waals surface area contributed by atoms with Crippen molar-refractivity contribution in [3.63, 3.8) is 0 Å². The lowest BCUT2D eigenvalue weighted by molar-refractivity contribution is 0.227. The van der Waals surface area contributed by atoms with E-state index in [1.807, 2.05) is 7.05 Å². The molecule has 0 amide bonds. The molecule has 2 heteroatoms. The Kier molecular flexibility index (Phi) is 5.64. The molecule has 2 unspecified atom stereocenters. The predicted molar refractivity (Wildman–Crippen MR) is 44.0 cm³/mol. The molecule has 0 saturated carbocycles. The van der Waals surface area contributed by atoms with Gasteiger partial charge in [-0.1, -0.05) is 20.3 Å². The predicted octanol–water partition coefficient (Wildman–Crippen LogP) is 1.00. The van der Waals surface area contributed by atoms with Gasteiger partial charge < -0.3 is 10.4 Å². The lowest BCUT2D eigenvalue weighted by atomic mass is 10.00. The van der Waals surface area contributed by atoms with E-state index in [1.165, 1.54) is 6.42 Å². The molecule has 2 atom stereocenters. The van der Waals surface area contributed by atoms with Gasteiger partial charge in [-0.25, -0.2) is 0 Å². The monoisotopic (exact) mass is 145 g/mol. The van der Waals surface area contributed by atoms with E-state index in [-0.39, 0.29) is 12.6 Å².